The van der Waals surface area contributed by atoms with Crippen LogP contribution in [-0.2, 0) is 4.79 Å². The standard InChI is InChI=1S/C20H23FN2O3/c1-12(2)16-6-5-13(3)18(11-16)26-14(4)19(24)22-23-20(25)15-7-9-17(21)10-8-15/h5-12,14H,1-4H3,(H,22,24)(H,23,25). The molecule has 2 N–H and O–H groups in total. The smallest absolute Gasteiger partial charge is 0.279 e. The van der Waals surface area contributed by atoms with Crippen molar-refractivity contribution in [3.63, 3.8) is 0 Å². The molecule has 2 aromatic carbocycles. The van der Waals surface area contributed by atoms with Gasteiger partial charge in [-0.05, 0) is 61.2 Å². The summed E-state index contributed by atoms with van der Waals surface area (Å²) in [4.78, 5) is 24.1. The molecule has 1 atom stereocenters. The molecule has 2 amide bonds. The van der Waals surface area contributed by atoms with E-state index in [1.165, 1.54) is 24.3 Å². The van der Waals surface area contributed by atoms with Gasteiger partial charge in [0.1, 0.15) is 11.6 Å². The van der Waals surface area contributed by atoms with Crippen LogP contribution in [0.4, 0.5) is 4.39 Å². The largest absolute Gasteiger partial charge is 0.481 e. The zero-order valence-corrected chi connectivity index (χ0v) is 15.3. The Morgan fingerprint density at radius 3 is 2.27 bits per heavy atom. The molecular formula is C20H23FN2O3. The summed E-state index contributed by atoms with van der Waals surface area (Å²) in [5.41, 5.74) is 6.87. The van der Waals surface area contributed by atoms with Crippen molar-refractivity contribution in [1.82, 2.24) is 10.9 Å². The van der Waals surface area contributed by atoms with E-state index in [0.717, 1.165) is 11.1 Å². The number of benzene rings is 2. The van der Waals surface area contributed by atoms with E-state index >= 15 is 0 Å². The van der Waals surface area contributed by atoms with Gasteiger partial charge in [0.25, 0.3) is 11.8 Å². The highest BCUT2D eigenvalue weighted by atomic mass is 19.1. The minimum atomic E-state index is -0.801. The molecule has 0 aliphatic carbocycles. The lowest BCUT2D eigenvalue weighted by Crippen LogP contribution is -2.47. The molecule has 0 fully saturated rings. The Morgan fingerprint density at radius 2 is 1.65 bits per heavy atom. The molecular weight excluding hydrogens is 335 g/mol. The third kappa shape index (κ3) is 5.05. The van der Waals surface area contributed by atoms with E-state index in [1.54, 1.807) is 6.92 Å². The van der Waals surface area contributed by atoms with Gasteiger partial charge >= 0.3 is 0 Å². The average Bonchev–Trinajstić information content (AvgIpc) is 2.61. The van der Waals surface area contributed by atoms with Gasteiger partial charge in [-0.1, -0.05) is 26.0 Å². The van der Waals surface area contributed by atoms with E-state index in [9.17, 15) is 14.0 Å². The van der Waals surface area contributed by atoms with Crippen LogP contribution >= 0.6 is 0 Å². The highest BCUT2D eigenvalue weighted by Crippen LogP contribution is 2.25. The first-order chi connectivity index (χ1) is 12.3. The highest BCUT2D eigenvalue weighted by Gasteiger charge is 2.17. The van der Waals surface area contributed by atoms with E-state index < -0.39 is 23.7 Å². The Hall–Kier alpha value is -2.89. The van der Waals surface area contributed by atoms with Crippen LogP contribution in [0.3, 0.4) is 0 Å². The number of nitrogens with one attached hydrogen (secondary N) is 2. The molecule has 0 radical (unpaired) electrons. The van der Waals surface area contributed by atoms with Crippen LogP contribution in [0.25, 0.3) is 0 Å². The van der Waals surface area contributed by atoms with Crippen LogP contribution in [-0.4, -0.2) is 17.9 Å². The van der Waals surface area contributed by atoms with Gasteiger partial charge in [0, 0.05) is 5.56 Å². The number of ether oxygens (including phenoxy) is 1. The highest BCUT2D eigenvalue weighted by molar-refractivity contribution is 5.95. The Morgan fingerprint density at radius 1 is 1.00 bits per heavy atom. The number of carbonyl (C=O) groups excluding carboxylic acids is 2. The normalized spacial score (nSPS) is 11.8. The second-order valence-corrected chi connectivity index (χ2v) is 6.39. The van der Waals surface area contributed by atoms with Crippen molar-refractivity contribution in [2.45, 2.75) is 39.7 Å². The summed E-state index contributed by atoms with van der Waals surface area (Å²) in [5.74, 6) is -0.495. The zero-order valence-electron chi connectivity index (χ0n) is 15.3. The molecule has 0 aliphatic rings. The number of carbonyl (C=O) groups is 2. The molecule has 2 rings (SSSR count). The molecule has 6 heteroatoms. The summed E-state index contributed by atoms with van der Waals surface area (Å²) in [7, 11) is 0. The Balaban J connectivity index is 1.94. The summed E-state index contributed by atoms with van der Waals surface area (Å²) in [6.45, 7) is 7.66. The van der Waals surface area contributed by atoms with Gasteiger partial charge in [0.15, 0.2) is 6.10 Å². The van der Waals surface area contributed by atoms with Crippen molar-refractivity contribution in [3.05, 3.63) is 65.0 Å². The maximum absolute atomic E-state index is 12.9. The molecule has 0 saturated heterocycles. The van der Waals surface area contributed by atoms with Crippen molar-refractivity contribution in [1.29, 1.82) is 0 Å². The van der Waals surface area contributed by atoms with E-state index in [2.05, 4.69) is 24.7 Å². The number of hydrogen-bond acceptors (Lipinski definition) is 3. The fourth-order valence-electron chi connectivity index (χ4n) is 2.24. The fourth-order valence-corrected chi connectivity index (χ4v) is 2.24. The Bertz CT molecular complexity index is 788. The topological polar surface area (TPSA) is 67.4 Å². The van der Waals surface area contributed by atoms with E-state index in [1.807, 2.05) is 25.1 Å². The molecule has 0 aliphatic heterocycles. The van der Waals surface area contributed by atoms with Gasteiger partial charge in [0.05, 0.1) is 0 Å². The van der Waals surface area contributed by atoms with Gasteiger partial charge in [-0.15, -0.1) is 0 Å². The van der Waals surface area contributed by atoms with Crippen molar-refractivity contribution in [2.75, 3.05) is 0 Å². The van der Waals surface area contributed by atoms with Crippen LogP contribution < -0.4 is 15.6 Å². The summed E-state index contributed by atoms with van der Waals surface area (Å²) < 4.78 is 18.6. The molecule has 0 bridgehead atoms. The first-order valence-electron chi connectivity index (χ1n) is 8.41. The van der Waals surface area contributed by atoms with E-state index in [0.29, 0.717) is 11.7 Å². The summed E-state index contributed by atoms with van der Waals surface area (Å²) in [5, 5.41) is 0. The van der Waals surface area contributed by atoms with Crippen molar-refractivity contribution in [3.8, 4) is 5.75 Å². The lowest BCUT2D eigenvalue weighted by molar-refractivity contribution is -0.128. The third-order valence-corrected chi connectivity index (χ3v) is 3.96. The monoisotopic (exact) mass is 358 g/mol. The van der Waals surface area contributed by atoms with Gasteiger partial charge in [-0.2, -0.15) is 0 Å². The lowest BCUT2D eigenvalue weighted by Gasteiger charge is -2.18. The van der Waals surface area contributed by atoms with Crippen LogP contribution in [0.2, 0.25) is 0 Å². The molecule has 0 aromatic heterocycles. The molecule has 0 heterocycles. The van der Waals surface area contributed by atoms with Gasteiger partial charge < -0.3 is 4.74 Å². The first kappa shape index (κ1) is 19.4. The van der Waals surface area contributed by atoms with Gasteiger partial charge in [-0.3, -0.25) is 20.4 Å². The molecule has 26 heavy (non-hydrogen) atoms. The number of hydrogen-bond donors (Lipinski definition) is 2. The van der Waals surface area contributed by atoms with Gasteiger partial charge in [0.2, 0.25) is 0 Å². The number of halogens is 1. The predicted octanol–water partition coefficient (Wildman–Crippen LogP) is 3.49. The predicted molar refractivity (Wildman–Crippen MR) is 97.4 cm³/mol. The molecule has 138 valence electrons. The van der Waals surface area contributed by atoms with Gasteiger partial charge in [-0.25, -0.2) is 4.39 Å². The van der Waals surface area contributed by atoms with Crippen molar-refractivity contribution < 1.29 is 18.7 Å². The first-order valence-corrected chi connectivity index (χ1v) is 8.41. The number of amides is 2. The molecule has 2 aromatic rings. The van der Waals surface area contributed by atoms with Crippen molar-refractivity contribution in [2.24, 2.45) is 0 Å². The van der Waals surface area contributed by atoms with E-state index in [-0.39, 0.29) is 5.56 Å². The Kier molecular flexibility index (Phi) is 6.33. The second-order valence-electron chi connectivity index (χ2n) is 6.39. The maximum atomic E-state index is 12.9. The second kappa shape index (κ2) is 8.47. The van der Waals surface area contributed by atoms with Crippen LogP contribution in [0.15, 0.2) is 42.5 Å². The average molecular weight is 358 g/mol. The minimum absolute atomic E-state index is 0.237. The quantitative estimate of drug-likeness (QED) is 0.804. The lowest BCUT2D eigenvalue weighted by atomic mass is 10.0. The number of hydrazine groups is 1. The fraction of sp³-hybridized carbons (Fsp3) is 0.300. The SMILES string of the molecule is Cc1ccc(C(C)C)cc1OC(C)C(=O)NNC(=O)c1ccc(F)cc1. The van der Waals surface area contributed by atoms with Crippen LogP contribution in [0, 0.1) is 12.7 Å². The minimum Gasteiger partial charge on any atom is -0.481 e. The molecule has 1 unspecified atom stereocenters. The molecule has 0 spiro atoms. The third-order valence-electron chi connectivity index (χ3n) is 3.96. The van der Waals surface area contributed by atoms with E-state index in [4.69, 9.17) is 4.74 Å². The molecule has 5 nitrogen and oxygen atoms in total. The van der Waals surface area contributed by atoms with Crippen molar-refractivity contribution >= 4 is 11.8 Å². The summed E-state index contributed by atoms with van der Waals surface area (Å²) in [6, 6.07) is 10.9. The zero-order chi connectivity index (χ0) is 19.3. The summed E-state index contributed by atoms with van der Waals surface area (Å²) >= 11 is 0. The number of rotatable bonds is 5. The van der Waals surface area contributed by atoms with Crippen LogP contribution in [0.1, 0.15) is 48.2 Å². The number of aryl methyl sites for hydroxylation is 1. The molecule has 0 saturated carbocycles. The summed E-state index contributed by atoms with van der Waals surface area (Å²) in [6.07, 6.45) is -0.801. The Labute approximate surface area is 152 Å². The maximum Gasteiger partial charge on any atom is 0.279 e. The van der Waals surface area contributed by atoms with Crippen LogP contribution in [0.5, 0.6) is 5.75 Å².